The zero-order chi connectivity index (χ0) is 15.4. The predicted molar refractivity (Wildman–Crippen MR) is 89.4 cm³/mol. The molecule has 1 aromatic heterocycles. The Morgan fingerprint density at radius 1 is 1.23 bits per heavy atom. The first kappa shape index (κ1) is 15.5. The van der Waals surface area contributed by atoms with Crippen molar-refractivity contribution in [1.29, 1.82) is 0 Å². The van der Waals surface area contributed by atoms with Gasteiger partial charge in [0.1, 0.15) is 0 Å². The van der Waals surface area contributed by atoms with Crippen molar-refractivity contribution >= 4 is 27.3 Å². The molecule has 0 saturated heterocycles. The molecule has 1 aromatic carbocycles. The first-order valence-corrected chi connectivity index (χ1v) is 8.75. The van der Waals surface area contributed by atoms with Crippen LogP contribution in [0.15, 0.2) is 24.3 Å². The zero-order valence-electron chi connectivity index (χ0n) is 12.6. The lowest BCUT2D eigenvalue weighted by molar-refractivity contribution is 0.0711. The maximum absolute atomic E-state index is 11.5. The first-order chi connectivity index (χ1) is 10.8. The Labute approximate surface area is 134 Å². The third kappa shape index (κ3) is 3.66. The molecular formula is C17H22N2O2S. The van der Waals surface area contributed by atoms with Gasteiger partial charge in [-0.05, 0) is 54.5 Å². The van der Waals surface area contributed by atoms with E-state index in [0.717, 1.165) is 29.1 Å². The Hall–Kier alpha value is -1.43. The molecule has 0 aliphatic heterocycles. The van der Waals surface area contributed by atoms with E-state index in [2.05, 4.69) is 17.4 Å². The van der Waals surface area contributed by atoms with Gasteiger partial charge in [-0.2, -0.15) is 0 Å². The lowest BCUT2D eigenvalue weighted by Crippen LogP contribution is -2.24. The lowest BCUT2D eigenvalue weighted by atomic mass is 9.89. The highest BCUT2D eigenvalue weighted by Gasteiger charge is 2.13. The second kappa shape index (κ2) is 7.22. The number of hydrogen-bond acceptors (Lipinski definition) is 4. The van der Waals surface area contributed by atoms with E-state index in [0.29, 0.717) is 4.88 Å². The molecule has 118 valence electrons. The van der Waals surface area contributed by atoms with Crippen LogP contribution in [0.2, 0.25) is 0 Å². The van der Waals surface area contributed by atoms with Gasteiger partial charge in [0, 0.05) is 11.2 Å². The van der Waals surface area contributed by atoms with Gasteiger partial charge in [0.25, 0.3) is 5.91 Å². The molecule has 1 fully saturated rings. The van der Waals surface area contributed by atoms with Gasteiger partial charge in [0.2, 0.25) is 0 Å². The van der Waals surface area contributed by atoms with Crippen LogP contribution < -0.4 is 10.8 Å². The number of amides is 1. The minimum Gasteiger partial charge on any atom is -0.312 e. The molecule has 1 amide bonds. The average Bonchev–Trinajstić information content (AvgIpc) is 2.98. The molecule has 1 aliphatic rings. The monoisotopic (exact) mass is 318 g/mol. The smallest absolute Gasteiger partial charge is 0.284 e. The highest BCUT2D eigenvalue weighted by Crippen LogP contribution is 2.27. The van der Waals surface area contributed by atoms with Crippen molar-refractivity contribution in [3.8, 4) is 0 Å². The van der Waals surface area contributed by atoms with Gasteiger partial charge >= 0.3 is 0 Å². The quantitative estimate of drug-likeness (QED) is 0.582. The Kier molecular flexibility index (Phi) is 5.08. The molecule has 0 bridgehead atoms. The number of fused-ring (bicyclic) bond motifs is 1. The van der Waals surface area contributed by atoms with Crippen molar-refractivity contribution in [2.75, 3.05) is 6.54 Å². The zero-order valence-corrected chi connectivity index (χ0v) is 13.4. The minimum absolute atomic E-state index is 0.446. The molecule has 0 spiro atoms. The molecule has 3 rings (SSSR count). The number of carbonyl (C=O) groups excluding carboxylic acids is 1. The van der Waals surface area contributed by atoms with E-state index in [1.165, 1.54) is 49.0 Å². The molecule has 3 N–H and O–H groups in total. The summed E-state index contributed by atoms with van der Waals surface area (Å²) in [6.45, 7) is 1.96. The van der Waals surface area contributed by atoms with Crippen molar-refractivity contribution in [3.63, 3.8) is 0 Å². The van der Waals surface area contributed by atoms with E-state index in [1.54, 1.807) is 5.48 Å². The van der Waals surface area contributed by atoms with Crippen molar-refractivity contribution in [3.05, 3.63) is 34.7 Å². The normalized spacial score (nSPS) is 16.0. The van der Waals surface area contributed by atoms with Gasteiger partial charge in [-0.25, -0.2) is 5.48 Å². The summed E-state index contributed by atoms with van der Waals surface area (Å²) >= 11 is 1.39. The summed E-state index contributed by atoms with van der Waals surface area (Å²) in [6.07, 6.45) is 6.87. The fourth-order valence-electron chi connectivity index (χ4n) is 3.18. The first-order valence-electron chi connectivity index (χ1n) is 7.94. The van der Waals surface area contributed by atoms with Gasteiger partial charge in [-0.3, -0.25) is 10.0 Å². The number of rotatable bonds is 5. The Bertz CT molecular complexity index is 647. The van der Waals surface area contributed by atoms with Crippen LogP contribution in [0.4, 0.5) is 0 Å². The van der Waals surface area contributed by atoms with Gasteiger partial charge in [0.15, 0.2) is 0 Å². The van der Waals surface area contributed by atoms with E-state index in [4.69, 9.17) is 5.21 Å². The highest BCUT2D eigenvalue weighted by atomic mass is 32.1. The fourth-order valence-corrected chi connectivity index (χ4v) is 4.11. The summed E-state index contributed by atoms with van der Waals surface area (Å²) in [4.78, 5) is 12.0. The van der Waals surface area contributed by atoms with Gasteiger partial charge in [-0.15, -0.1) is 11.3 Å². The maximum atomic E-state index is 11.5. The molecule has 0 unspecified atom stereocenters. The van der Waals surface area contributed by atoms with Crippen LogP contribution in [0.5, 0.6) is 0 Å². The van der Waals surface area contributed by atoms with Crippen LogP contribution in [0, 0.1) is 5.92 Å². The topological polar surface area (TPSA) is 61.4 Å². The summed E-state index contributed by atoms with van der Waals surface area (Å²) in [6, 6.07) is 8.10. The lowest BCUT2D eigenvalue weighted by Gasteiger charge is -2.21. The Morgan fingerprint density at radius 2 is 2.05 bits per heavy atom. The summed E-state index contributed by atoms with van der Waals surface area (Å²) in [5.74, 6) is 0.386. The molecule has 1 heterocycles. The predicted octanol–water partition coefficient (Wildman–Crippen LogP) is 3.69. The third-order valence-electron chi connectivity index (χ3n) is 4.39. The fraction of sp³-hybridized carbons (Fsp3) is 0.471. The van der Waals surface area contributed by atoms with Gasteiger partial charge < -0.3 is 5.32 Å². The molecule has 0 radical (unpaired) electrons. The largest absolute Gasteiger partial charge is 0.312 e. The van der Waals surface area contributed by atoms with Crippen molar-refractivity contribution < 1.29 is 10.0 Å². The number of thiophene rings is 1. The van der Waals surface area contributed by atoms with Crippen molar-refractivity contribution in [1.82, 2.24) is 10.8 Å². The Morgan fingerprint density at radius 3 is 2.82 bits per heavy atom. The second-order valence-corrected chi connectivity index (χ2v) is 7.14. The van der Waals surface area contributed by atoms with Crippen molar-refractivity contribution in [2.24, 2.45) is 5.92 Å². The standard InChI is InChI=1S/C17H22N2O2S/c20-17(19-21)16-9-14-8-13(6-7-15(14)22-16)11-18-10-12-4-2-1-3-5-12/h6-9,12,18,21H,1-5,10-11H2,(H,19,20). The minimum atomic E-state index is -0.446. The van der Waals surface area contributed by atoms with Crippen LogP contribution >= 0.6 is 11.3 Å². The molecule has 1 aliphatic carbocycles. The molecule has 5 heteroatoms. The van der Waals surface area contributed by atoms with E-state index < -0.39 is 5.91 Å². The SMILES string of the molecule is O=C(NO)c1cc2cc(CNCC3CCCCC3)ccc2s1. The summed E-state index contributed by atoms with van der Waals surface area (Å²) < 4.78 is 1.06. The van der Waals surface area contributed by atoms with Crippen LogP contribution in [0.1, 0.15) is 47.3 Å². The maximum Gasteiger partial charge on any atom is 0.284 e. The summed E-state index contributed by atoms with van der Waals surface area (Å²) in [7, 11) is 0. The van der Waals surface area contributed by atoms with E-state index in [9.17, 15) is 4.79 Å². The molecule has 22 heavy (non-hydrogen) atoms. The number of hydroxylamine groups is 1. The Balaban J connectivity index is 1.60. The number of hydrogen-bond donors (Lipinski definition) is 3. The average molecular weight is 318 g/mol. The second-order valence-electron chi connectivity index (χ2n) is 6.06. The van der Waals surface area contributed by atoms with Crippen LogP contribution in [-0.4, -0.2) is 17.7 Å². The van der Waals surface area contributed by atoms with E-state index in [1.807, 2.05) is 12.1 Å². The van der Waals surface area contributed by atoms with Gasteiger partial charge in [-0.1, -0.05) is 25.3 Å². The molecule has 4 nitrogen and oxygen atoms in total. The van der Waals surface area contributed by atoms with Crippen LogP contribution in [-0.2, 0) is 6.54 Å². The molecule has 0 atom stereocenters. The number of nitrogens with one attached hydrogen (secondary N) is 2. The van der Waals surface area contributed by atoms with E-state index >= 15 is 0 Å². The summed E-state index contributed by atoms with van der Waals surface area (Å²) in [5, 5.41) is 13.3. The molecule has 2 aromatic rings. The number of carbonyl (C=O) groups is 1. The molecular weight excluding hydrogens is 296 g/mol. The highest BCUT2D eigenvalue weighted by molar-refractivity contribution is 7.20. The van der Waals surface area contributed by atoms with E-state index in [-0.39, 0.29) is 0 Å². The van der Waals surface area contributed by atoms with Crippen LogP contribution in [0.25, 0.3) is 10.1 Å². The van der Waals surface area contributed by atoms with Gasteiger partial charge in [0.05, 0.1) is 4.88 Å². The van der Waals surface area contributed by atoms with Crippen molar-refractivity contribution in [2.45, 2.75) is 38.6 Å². The summed E-state index contributed by atoms with van der Waals surface area (Å²) in [5.41, 5.74) is 2.92. The van der Waals surface area contributed by atoms with Crippen LogP contribution in [0.3, 0.4) is 0 Å². The number of benzene rings is 1. The third-order valence-corrected chi connectivity index (χ3v) is 5.51. The molecule has 1 saturated carbocycles.